The smallest absolute Gasteiger partial charge is 0.340 e. The molecule has 2 aromatic carbocycles. The van der Waals surface area contributed by atoms with E-state index in [4.69, 9.17) is 14.2 Å². The van der Waals surface area contributed by atoms with Crippen LogP contribution in [0.1, 0.15) is 10.4 Å². The number of benzene rings is 2. The van der Waals surface area contributed by atoms with Gasteiger partial charge in [0.25, 0.3) is 0 Å². The van der Waals surface area contributed by atoms with E-state index in [1.807, 2.05) is 0 Å². The van der Waals surface area contributed by atoms with Crippen molar-refractivity contribution in [1.82, 2.24) is 4.31 Å². The number of carbonyl (C=O) groups excluding carboxylic acids is 2. The predicted octanol–water partition coefficient (Wildman–Crippen LogP) is 1.88. The second-order valence-electron chi connectivity index (χ2n) is 6.54. The normalized spacial score (nSPS) is 11.1. The Bertz CT molecular complexity index is 1110. The Hall–Kier alpha value is -3.38. The molecular weight excluding hydrogens is 445 g/mol. The van der Waals surface area contributed by atoms with Gasteiger partial charge in [0, 0.05) is 26.2 Å². The molecule has 0 aromatic heterocycles. The molecule has 0 spiro atoms. The first kappa shape index (κ1) is 24.9. The van der Waals surface area contributed by atoms with Crippen molar-refractivity contribution in [3.8, 4) is 11.5 Å². The van der Waals surface area contributed by atoms with E-state index in [1.54, 1.807) is 0 Å². The summed E-state index contributed by atoms with van der Waals surface area (Å²) in [6, 6.07) is 7.79. The molecule has 0 heterocycles. The number of amides is 1. The highest BCUT2D eigenvalue weighted by Gasteiger charge is 2.30. The molecule has 0 fully saturated rings. The maximum atomic E-state index is 14.4. The van der Waals surface area contributed by atoms with E-state index in [2.05, 4.69) is 5.32 Å². The van der Waals surface area contributed by atoms with Crippen molar-refractivity contribution in [3.63, 3.8) is 0 Å². The molecule has 2 rings (SSSR count). The van der Waals surface area contributed by atoms with Crippen molar-refractivity contribution in [2.24, 2.45) is 0 Å². The number of esters is 1. The number of methoxy groups -OCH3 is 3. The van der Waals surface area contributed by atoms with Gasteiger partial charge < -0.3 is 19.5 Å². The van der Waals surface area contributed by atoms with Crippen LogP contribution in [-0.4, -0.2) is 66.6 Å². The first-order valence-electron chi connectivity index (χ1n) is 9.15. The molecule has 0 aliphatic rings. The van der Waals surface area contributed by atoms with Crippen molar-refractivity contribution in [1.29, 1.82) is 0 Å². The third kappa shape index (κ3) is 5.26. The molecule has 0 aliphatic carbocycles. The maximum absolute atomic E-state index is 14.4. The zero-order valence-electron chi connectivity index (χ0n) is 18.2. The number of nitrogens with one attached hydrogen (secondary N) is 1. The molecule has 174 valence electrons. The minimum atomic E-state index is -4.23. The standard InChI is InChI=1S/C20H24FN3O7S/c1-23(2)32(27,28)24(16-9-7-6-8-14(16)21)12-19(25)22-15-11-18(30-4)17(29-3)10-13(15)20(26)31-5/h6-11H,12H2,1-5H3,(H,22,25). The quantitative estimate of drug-likeness (QED) is 0.558. The summed E-state index contributed by atoms with van der Waals surface area (Å²) in [4.78, 5) is 25.0. The van der Waals surface area contributed by atoms with Gasteiger partial charge >= 0.3 is 16.2 Å². The fourth-order valence-corrected chi connectivity index (χ4v) is 3.79. The number of hydrogen-bond donors (Lipinski definition) is 1. The average Bonchev–Trinajstić information content (AvgIpc) is 2.76. The third-order valence-corrected chi connectivity index (χ3v) is 6.16. The summed E-state index contributed by atoms with van der Waals surface area (Å²) in [5.74, 6) is -2.01. The summed E-state index contributed by atoms with van der Waals surface area (Å²) in [7, 11) is 2.18. The largest absolute Gasteiger partial charge is 0.493 e. The van der Waals surface area contributed by atoms with Gasteiger partial charge in [-0.05, 0) is 12.1 Å². The highest BCUT2D eigenvalue weighted by molar-refractivity contribution is 7.90. The molecule has 2 aromatic rings. The van der Waals surface area contributed by atoms with Crippen LogP contribution in [0.5, 0.6) is 11.5 Å². The van der Waals surface area contributed by atoms with E-state index in [0.29, 0.717) is 4.31 Å². The Balaban J connectivity index is 2.46. The van der Waals surface area contributed by atoms with Gasteiger partial charge in [0.2, 0.25) is 5.91 Å². The molecular formula is C20H24FN3O7S. The van der Waals surface area contributed by atoms with E-state index < -0.39 is 34.4 Å². The van der Waals surface area contributed by atoms with E-state index >= 15 is 0 Å². The number of rotatable bonds is 9. The second-order valence-corrected chi connectivity index (χ2v) is 8.61. The molecule has 0 atom stereocenters. The number of hydrogen-bond acceptors (Lipinski definition) is 7. The lowest BCUT2D eigenvalue weighted by Gasteiger charge is -2.27. The summed E-state index contributed by atoms with van der Waals surface area (Å²) in [6.07, 6.45) is 0. The number of nitrogens with zero attached hydrogens (tertiary/aromatic N) is 2. The molecule has 12 heteroatoms. The van der Waals surface area contributed by atoms with E-state index in [1.165, 1.54) is 58.6 Å². The van der Waals surface area contributed by atoms with Crippen LogP contribution >= 0.6 is 0 Å². The molecule has 1 amide bonds. The molecule has 32 heavy (non-hydrogen) atoms. The molecule has 0 saturated carbocycles. The molecule has 1 N–H and O–H groups in total. The zero-order chi connectivity index (χ0) is 24.1. The van der Waals surface area contributed by atoms with Gasteiger partial charge in [-0.2, -0.15) is 12.7 Å². The lowest BCUT2D eigenvalue weighted by atomic mass is 10.1. The molecule has 0 aliphatic heterocycles. The first-order chi connectivity index (χ1) is 15.1. The Morgan fingerprint density at radius 2 is 1.62 bits per heavy atom. The summed E-state index contributed by atoms with van der Waals surface area (Å²) < 4.78 is 56.5. The summed E-state index contributed by atoms with van der Waals surface area (Å²) in [6.45, 7) is -0.767. The van der Waals surface area contributed by atoms with Gasteiger partial charge in [-0.25, -0.2) is 13.5 Å². The van der Waals surface area contributed by atoms with Gasteiger partial charge in [-0.15, -0.1) is 0 Å². The van der Waals surface area contributed by atoms with E-state index in [-0.39, 0.29) is 28.4 Å². The number of halogens is 1. The number of anilines is 2. The van der Waals surface area contributed by atoms with Crippen LogP contribution in [0.25, 0.3) is 0 Å². The molecule has 0 saturated heterocycles. The van der Waals surface area contributed by atoms with Crippen LogP contribution < -0.4 is 19.1 Å². The zero-order valence-corrected chi connectivity index (χ0v) is 19.0. The van der Waals surface area contributed by atoms with Crippen LogP contribution in [0.15, 0.2) is 36.4 Å². The minimum Gasteiger partial charge on any atom is -0.493 e. The number of carbonyl (C=O) groups is 2. The maximum Gasteiger partial charge on any atom is 0.340 e. The molecule has 10 nitrogen and oxygen atoms in total. The van der Waals surface area contributed by atoms with Crippen LogP contribution in [-0.2, 0) is 19.7 Å². The lowest BCUT2D eigenvalue weighted by Crippen LogP contribution is -2.44. The Morgan fingerprint density at radius 1 is 1.03 bits per heavy atom. The molecule has 0 radical (unpaired) electrons. The minimum absolute atomic E-state index is 0.00441. The van der Waals surface area contributed by atoms with Gasteiger partial charge in [0.15, 0.2) is 11.5 Å². The third-order valence-electron chi connectivity index (χ3n) is 4.35. The van der Waals surface area contributed by atoms with E-state index in [9.17, 15) is 22.4 Å². The van der Waals surface area contributed by atoms with Crippen LogP contribution in [0.4, 0.5) is 15.8 Å². The fraction of sp³-hybridized carbons (Fsp3) is 0.300. The van der Waals surface area contributed by atoms with Crippen LogP contribution in [0, 0.1) is 5.82 Å². The van der Waals surface area contributed by atoms with Crippen molar-refractivity contribution in [3.05, 3.63) is 47.8 Å². The van der Waals surface area contributed by atoms with Gasteiger partial charge in [-0.1, -0.05) is 12.1 Å². The van der Waals surface area contributed by atoms with Crippen molar-refractivity contribution in [2.45, 2.75) is 0 Å². The van der Waals surface area contributed by atoms with Crippen LogP contribution in [0.3, 0.4) is 0 Å². The van der Waals surface area contributed by atoms with Crippen molar-refractivity contribution in [2.75, 3.05) is 51.6 Å². The van der Waals surface area contributed by atoms with Crippen LogP contribution in [0.2, 0.25) is 0 Å². The molecule has 0 unspecified atom stereocenters. The summed E-state index contributed by atoms with van der Waals surface area (Å²) >= 11 is 0. The van der Waals surface area contributed by atoms with Crippen molar-refractivity contribution >= 4 is 33.5 Å². The summed E-state index contributed by atoms with van der Waals surface area (Å²) in [5.41, 5.74) is -0.363. The highest BCUT2D eigenvalue weighted by Crippen LogP contribution is 2.34. The second kappa shape index (κ2) is 10.3. The highest BCUT2D eigenvalue weighted by atomic mass is 32.2. The predicted molar refractivity (Wildman–Crippen MR) is 116 cm³/mol. The van der Waals surface area contributed by atoms with Gasteiger partial charge in [0.1, 0.15) is 12.4 Å². The molecule has 0 bridgehead atoms. The van der Waals surface area contributed by atoms with Crippen molar-refractivity contribution < 1.29 is 36.6 Å². The Labute approximate surface area is 185 Å². The Morgan fingerprint density at radius 3 is 2.16 bits per heavy atom. The number of ether oxygens (including phenoxy) is 3. The van der Waals surface area contributed by atoms with Gasteiger partial charge in [0.05, 0.1) is 38.3 Å². The van der Waals surface area contributed by atoms with Gasteiger partial charge in [-0.3, -0.25) is 4.79 Å². The van der Waals surface area contributed by atoms with E-state index in [0.717, 1.165) is 17.5 Å². The lowest BCUT2D eigenvalue weighted by molar-refractivity contribution is -0.114. The fourth-order valence-electron chi connectivity index (χ4n) is 2.72. The first-order valence-corrected chi connectivity index (χ1v) is 10.5. The average molecular weight is 469 g/mol. The monoisotopic (exact) mass is 469 g/mol. The summed E-state index contributed by atoms with van der Waals surface area (Å²) in [5, 5.41) is 2.46. The number of para-hydroxylation sites is 1. The Kier molecular flexibility index (Phi) is 8.00. The topological polar surface area (TPSA) is 114 Å². The SMILES string of the molecule is COC(=O)c1cc(OC)c(OC)cc1NC(=O)CN(c1ccccc1F)S(=O)(=O)N(C)C.